The molecule has 0 amide bonds. The van der Waals surface area contributed by atoms with Gasteiger partial charge in [0, 0.05) is 6.61 Å². The van der Waals surface area contributed by atoms with Gasteiger partial charge in [-0.15, -0.1) is 0 Å². The molecule has 0 aromatic heterocycles. The van der Waals surface area contributed by atoms with Crippen molar-refractivity contribution in [2.24, 2.45) is 0 Å². The zero-order valence-corrected chi connectivity index (χ0v) is 10.5. The average molecular weight is 220 g/mol. The molecular weight excluding hydrogens is 211 g/mol. The van der Waals surface area contributed by atoms with Gasteiger partial charge in [-0.3, -0.25) is 4.18 Å². The van der Waals surface area contributed by atoms with E-state index in [1.807, 2.05) is 0 Å². The third-order valence-electron chi connectivity index (χ3n) is 1.42. The molecule has 1 aliphatic heterocycles. The molecule has 1 heterocycles. The van der Waals surface area contributed by atoms with Crippen molar-refractivity contribution in [3.8, 4) is 0 Å². The first-order valence-corrected chi connectivity index (χ1v) is 5.63. The van der Waals surface area contributed by atoms with Gasteiger partial charge in [0.05, 0.1) is 12.7 Å². The fourth-order valence-electron chi connectivity index (χ4n) is 0.935. The van der Waals surface area contributed by atoms with E-state index in [-0.39, 0.29) is 42.3 Å². The van der Waals surface area contributed by atoms with Crippen LogP contribution in [0.3, 0.4) is 0 Å². The van der Waals surface area contributed by atoms with Crippen molar-refractivity contribution in [3.05, 3.63) is 0 Å². The van der Waals surface area contributed by atoms with Crippen LogP contribution in [-0.2, 0) is 29.7 Å². The van der Waals surface area contributed by atoms with Crippen molar-refractivity contribution in [2.75, 3.05) is 13.2 Å². The predicted molar refractivity (Wildman–Crippen MR) is 41.2 cm³/mol. The second kappa shape index (κ2) is 5.85. The minimum Gasteiger partial charge on any atom is -0.619 e. The van der Waals surface area contributed by atoms with Crippen LogP contribution >= 0.6 is 0 Å². The minimum absolute atomic E-state index is 0. The summed E-state index contributed by atoms with van der Waals surface area (Å²) in [4.78, 5) is 0. The molecule has 1 saturated heterocycles. The van der Waals surface area contributed by atoms with Crippen molar-refractivity contribution in [1.29, 1.82) is 0 Å². The molecule has 0 aromatic carbocycles. The second-order valence-corrected chi connectivity index (χ2v) is 4.60. The molecule has 0 saturated carbocycles. The van der Waals surface area contributed by atoms with E-state index in [1.165, 1.54) is 0 Å². The fraction of sp³-hybridized carbons (Fsp3) is 1.00. The van der Waals surface area contributed by atoms with E-state index in [4.69, 9.17) is 4.74 Å². The second-order valence-electron chi connectivity index (χ2n) is 2.33. The van der Waals surface area contributed by atoms with Crippen molar-refractivity contribution in [3.63, 3.8) is 0 Å². The molecule has 0 spiro atoms. The van der Waals surface area contributed by atoms with Gasteiger partial charge in [-0.2, -0.15) is 0 Å². The molecule has 1 rings (SSSR count). The van der Waals surface area contributed by atoms with Crippen LogP contribution in [0.15, 0.2) is 0 Å². The fourth-order valence-corrected chi connectivity index (χ4v) is 1.42. The third-order valence-corrected chi connectivity index (χ3v) is 2.14. The normalized spacial score (nSPS) is 23.6. The van der Waals surface area contributed by atoms with Crippen LogP contribution in [0.25, 0.3) is 0 Å². The smallest absolute Gasteiger partial charge is 0.619 e. The first-order chi connectivity index (χ1) is 5.08. The van der Waals surface area contributed by atoms with Gasteiger partial charge < -0.3 is 16.4 Å². The summed E-state index contributed by atoms with van der Waals surface area (Å²) in [6, 6.07) is 0. The first kappa shape index (κ1) is 13.2. The summed E-state index contributed by atoms with van der Waals surface area (Å²) in [7, 11) is -3.71. The SMILES string of the molecule is O=S(=O)([S-])OC[C@H]1CCCO1.[Na+]. The Labute approximate surface area is 99.2 Å². The maximum atomic E-state index is 10.3. The van der Waals surface area contributed by atoms with Crippen LogP contribution in [0.2, 0.25) is 0 Å². The van der Waals surface area contributed by atoms with Crippen LogP contribution in [0, 0.1) is 0 Å². The summed E-state index contributed by atoms with van der Waals surface area (Å²) in [6.07, 6.45) is 1.73. The van der Waals surface area contributed by atoms with E-state index in [0.29, 0.717) is 6.61 Å². The molecular formula is C5H9NaO4S2. The maximum Gasteiger partial charge on any atom is 1.00 e. The molecule has 4 nitrogen and oxygen atoms in total. The quantitative estimate of drug-likeness (QED) is 0.288. The molecule has 1 fully saturated rings. The van der Waals surface area contributed by atoms with Gasteiger partial charge in [0.25, 0.3) is 0 Å². The standard InChI is InChI=1S/C5H10O4S2.Na/c6-11(7,10)9-4-5-2-1-3-8-5;/h5H,1-4H2,(H,6,7,10);/q;+1/p-1/t5-;/m1./s1. The summed E-state index contributed by atoms with van der Waals surface area (Å²) < 4.78 is 30.1. The molecule has 1 atom stereocenters. The Balaban J connectivity index is 0.00000121. The van der Waals surface area contributed by atoms with Gasteiger partial charge in [-0.05, 0) is 12.8 Å². The van der Waals surface area contributed by atoms with E-state index in [2.05, 4.69) is 15.8 Å². The molecule has 7 heteroatoms. The molecule has 0 unspecified atom stereocenters. The summed E-state index contributed by atoms with van der Waals surface area (Å²) in [6.45, 7) is 0.747. The Morgan fingerprint density at radius 3 is 2.67 bits per heavy atom. The van der Waals surface area contributed by atoms with Crippen LogP contribution in [0.4, 0.5) is 0 Å². The monoisotopic (exact) mass is 220 g/mol. The number of rotatable bonds is 3. The maximum absolute atomic E-state index is 10.3. The summed E-state index contributed by atoms with van der Waals surface area (Å²) in [5, 5.41) is 0. The Morgan fingerprint density at radius 2 is 2.25 bits per heavy atom. The van der Waals surface area contributed by atoms with Crippen LogP contribution in [0.5, 0.6) is 0 Å². The molecule has 66 valence electrons. The predicted octanol–water partition coefficient (Wildman–Crippen LogP) is -3.02. The number of ether oxygens (including phenoxy) is 1. The molecule has 0 N–H and O–H groups in total. The first-order valence-electron chi connectivity index (χ1n) is 3.30. The minimum atomic E-state index is -3.71. The summed E-state index contributed by atoms with van der Waals surface area (Å²) >= 11 is 4.01. The van der Waals surface area contributed by atoms with Gasteiger partial charge in [0.1, 0.15) is 9.15 Å². The molecule has 12 heavy (non-hydrogen) atoms. The Hall–Kier alpha value is 1.22. The van der Waals surface area contributed by atoms with Gasteiger partial charge in [-0.25, -0.2) is 8.42 Å². The molecule has 1 aliphatic rings. The summed E-state index contributed by atoms with van der Waals surface area (Å²) in [5.74, 6) is 0. The zero-order valence-electron chi connectivity index (χ0n) is 6.86. The van der Waals surface area contributed by atoms with Crippen molar-refractivity contribution in [2.45, 2.75) is 18.9 Å². The molecule has 0 bridgehead atoms. The van der Waals surface area contributed by atoms with E-state index in [9.17, 15) is 8.42 Å². The van der Waals surface area contributed by atoms with E-state index >= 15 is 0 Å². The molecule has 0 radical (unpaired) electrons. The third kappa shape index (κ3) is 5.80. The molecule has 0 aromatic rings. The van der Waals surface area contributed by atoms with Crippen LogP contribution < -0.4 is 29.6 Å². The van der Waals surface area contributed by atoms with Crippen LogP contribution in [-0.4, -0.2) is 27.7 Å². The van der Waals surface area contributed by atoms with E-state index < -0.39 is 9.15 Å². The Bertz CT molecular complexity index is 209. The average Bonchev–Trinajstić information content (AvgIpc) is 2.32. The largest absolute Gasteiger partial charge is 1.00 e. The van der Waals surface area contributed by atoms with Gasteiger partial charge in [0.2, 0.25) is 0 Å². The van der Waals surface area contributed by atoms with Crippen molar-refractivity contribution < 1.29 is 46.9 Å². The number of hydrogen-bond donors (Lipinski definition) is 0. The van der Waals surface area contributed by atoms with Gasteiger partial charge >= 0.3 is 29.6 Å². The van der Waals surface area contributed by atoms with E-state index in [1.54, 1.807) is 0 Å². The topological polar surface area (TPSA) is 52.6 Å². The zero-order chi connectivity index (χ0) is 8.32. The van der Waals surface area contributed by atoms with E-state index in [0.717, 1.165) is 12.8 Å². The Kier molecular flexibility index (Phi) is 6.44. The Morgan fingerprint density at radius 1 is 1.58 bits per heavy atom. The van der Waals surface area contributed by atoms with Gasteiger partial charge in [0.15, 0.2) is 0 Å². The number of hydrogen-bond acceptors (Lipinski definition) is 5. The van der Waals surface area contributed by atoms with Crippen molar-refractivity contribution >= 4 is 20.8 Å². The molecule has 0 aliphatic carbocycles. The van der Waals surface area contributed by atoms with Gasteiger partial charge in [-0.1, -0.05) is 0 Å². The van der Waals surface area contributed by atoms with Crippen molar-refractivity contribution in [1.82, 2.24) is 0 Å². The summed E-state index contributed by atoms with van der Waals surface area (Å²) in [5.41, 5.74) is 0. The van der Waals surface area contributed by atoms with Crippen LogP contribution in [0.1, 0.15) is 12.8 Å².